The zero-order valence-electron chi connectivity index (χ0n) is 35.4. The highest BCUT2D eigenvalue weighted by molar-refractivity contribution is 6.39. The Morgan fingerprint density at radius 3 is 2.25 bits per heavy atom. The Morgan fingerprint density at radius 1 is 0.930 bits per heavy atom. The molecule has 13 nitrogen and oxygen atoms in total. The summed E-state index contributed by atoms with van der Waals surface area (Å²) in [5, 5.41) is 34.1. The lowest BCUT2D eigenvalue weighted by Crippen LogP contribution is -2.64. The molecule has 4 rings (SSSR count). The summed E-state index contributed by atoms with van der Waals surface area (Å²) in [7, 11) is 4.61. The number of amides is 1. The first kappa shape index (κ1) is 46.9. The molecule has 14 atom stereocenters. The molecule has 1 aliphatic carbocycles. The Balaban J connectivity index is 1.78. The summed E-state index contributed by atoms with van der Waals surface area (Å²) in [5.41, 5.74) is 1.61. The van der Waals surface area contributed by atoms with Gasteiger partial charge in [0.25, 0.3) is 11.7 Å². The van der Waals surface area contributed by atoms with E-state index in [0.717, 1.165) is 5.57 Å². The molecule has 1 saturated carbocycles. The van der Waals surface area contributed by atoms with Gasteiger partial charge in [-0.1, -0.05) is 44.6 Å². The largest absolute Gasteiger partial charge is 0.456 e. The highest BCUT2D eigenvalue weighted by Gasteiger charge is 2.56. The first-order chi connectivity index (χ1) is 27.0. The molecule has 0 aromatic heterocycles. The number of carbonyl (C=O) groups excluding carboxylic acids is 4. The molecule has 13 heteroatoms. The average Bonchev–Trinajstić information content (AvgIpc) is 3.18. The summed E-state index contributed by atoms with van der Waals surface area (Å²) in [6.45, 7) is 13.1. The van der Waals surface area contributed by atoms with Gasteiger partial charge in [0.15, 0.2) is 0 Å². The van der Waals surface area contributed by atoms with E-state index in [-0.39, 0.29) is 49.5 Å². The van der Waals surface area contributed by atoms with Crippen molar-refractivity contribution >= 4 is 23.4 Å². The van der Waals surface area contributed by atoms with Crippen LogP contribution in [0.1, 0.15) is 105 Å². The van der Waals surface area contributed by atoms with E-state index in [1.54, 1.807) is 27.0 Å². The normalized spacial score (nSPS) is 41.0. The lowest BCUT2D eigenvalue weighted by atomic mass is 9.81. The summed E-state index contributed by atoms with van der Waals surface area (Å²) >= 11 is 0. The second-order valence-electron chi connectivity index (χ2n) is 17.3. The number of nitrogens with zero attached hydrogens (tertiary/aromatic N) is 1. The number of methoxy groups -OCH3 is 3. The smallest absolute Gasteiger partial charge is 0.329 e. The number of aliphatic hydroxyl groups excluding tert-OH is 2. The minimum absolute atomic E-state index is 0.00988. The van der Waals surface area contributed by atoms with Gasteiger partial charge in [-0.2, -0.15) is 0 Å². The lowest BCUT2D eigenvalue weighted by Gasteiger charge is -2.47. The topological polar surface area (TPSA) is 178 Å². The van der Waals surface area contributed by atoms with Gasteiger partial charge in [0.05, 0.1) is 30.5 Å². The SMILES string of the molecule is C=CC[C@@H]1/C=C(\C)C[C@H](C)C[C@H](OC)C2O[C@@](O)(C(=O)C(=O)N3CCCCC3C(=O)O[C@H](/C(C)=C/C3CC[C@@H](O)[C@H](OC)C3)[C@H](C)[C@@H](O)CC1=O)[C@H](C)C[C@@H]2OC. The number of fused-ring (bicyclic) bond motifs is 3. The molecule has 0 aromatic carbocycles. The number of rotatable bonds is 7. The van der Waals surface area contributed by atoms with Crippen molar-refractivity contribution in [1.82, 2.24) is 4.90 Å². The fraction of sp³-hybridized carbons (Fsp3) is 0.773. The Bertz CT molecular complexity index is 1480. The van der Waals surface area contributed by atoms with Crippen molar-refractivity contribution in [1.29, 1.82) is 0 Å². The van der Waals surface area contributed by atoms with Crippen LogP contribution in [0, 0.1) is 29.6 Å². The molecule has 0 radical (unpaired) electrons. The summed E-state index contributed by atoms with van der Waals surface area (Å²) in [6, 6.07) is -1.14. The predicted octanol–water partition coefficient (Wildman–Crippen LogP) is 4.64. The number of ether oxygens (including phenoxy) is 5. The molecule has 57 heavy (non-hydrogen) atoms. The van der Waals surface area contributed by atoms with Gasteiger partial charge in [-0.15, -0.1) is 6.58 Å². The number of hydrogen-bond donors (Lipinski definition) is 3. The van der Waals surface area contributed by atoms with Crippen LogP contribution in [-0.4, -0.2) is 126 Å². The first-order valence-electron chi connectivity index (χ1n) is 20.9. The van der Waals surface area contributed by atoms with Gasteiger partial charge < -0.3 is 43.9 Å². The molecular weight excluding hydrogens is 734 g/mol. The molecule has 3 fully saturated rings. The molecule has 1 amide bonds. The zero-order chi connectivity index (χ0) is 42.2. The summed E-state index contributed by atoms with van der Waals surface area (Å²) in [6.07, 6.45) is 4.93. The Labute approximate surface area is 339 Å². The third-order valence-corrected chi connectivity index (χ3v) is 12.9. The van der Waals surface area contributed by atoms with Crippen molar-refractivity contribution in [3.63, 3.8) is 0 Å². The van der Waals surface area contributed by atoms with Crippen molar-refractivity contribution in [2.45, 2.75) is 160 Å². The lowest BCUT2D eigenvalue weighted by molar-refractivity contribution is -0.302. The van der Waals surface area contributed by atoms with Gasteiger partial charge in [-0.25, -0.2) is 4.79 Å². The molecule has 0 aromatic rings. The van der Waals surface area contributed by atoms with Gasteiger partial charge in [0.2, 0.25) is 5.79 Å². The Morgan fingerprint density at radius 2 is 1.60 bits per heavy atom. The van der Waals surface area contributed by atoms with Crippen LogP contribution in [0.2, 0.25) is 0 Å². The van der Waals surface area contributed by atoms with Gasteiger partial charge in [0.1, 0.15) is 24.0 Å². The van der Waals surface area contributed by atoms with Crippen molar-refractivity contribution in [3.05, 3.63) is 36.0 Å². The maximum Gasteiger partial charge on any atom is 0.329 e. The zero-order valence-corrected chi connectivity index (χ0v) is 35.4. The number of Topliss-reactive ketones (excluding diaryl/α,β-unsaturated/α-hetero) is 2. The average molecular weight is 804 g/mol. The van der Waals surface area contributed by atoms with E-state index in [0.29, 0.717) is 56.9 Å². The number of esters is 1. The van der Waals surface area contributed by atoms with E-state index in [9.17, 15) is 34.5 Å². The molecule has 0 spiro atoms. The second-order valence-corrected chi connectivity index (χ2v) is 17.3. The van der Waals surface area contributed by atoms with Crippen molar-refractivity contribution in [2.24, 2.45) is 29.6 Å². The first-order valence-corrected chi connectivity index (χ1v) is 20.9. The number of carbonyl (C=O) groups is 4. The summed E-state index contributed by atoms with van der Waals surface area (Å²) in [4.78, 5) is 57.8. The van der Waals surface area contributed by atoms with Crippen molar-refractivity contribution in [3.8, 4) is 0 Å². The monoisotopic (exact) mass is 803 g/mol. The number of hydrogen-bond acceptors (Lipinski definition) is 12. The minimum Gasteiger partial charge on any atom is -0.456 e. The minimum atomic E-state index is -2.51. The maximum atomic E-state index is 14.3. The highest BCUT2D eigenvalue weighted by atomic mass is 16.7. The fourth-order valence-electron chi connectivity index (χ4n) is 9.42. The van der Waals surface area contributed by atoms with Gasteiger partial charge in [-0.3, -0.25) is 14.4 Å². The second kappa shape index (κ2) is 21.0. The predicted molar refractivity (Wildman–Crippen MR) is 213 cm³/mol. The molecule has 322 valence electrons. The van der Waals surface area contributed by atoms with E-state index in [1.165, 1.54) is 19.1 Å². The maximum absolute atomic E-state index is 14.3. The molecule has 2 saturated heterocycles. The summed E-state index contributed by atoms with van der Waals surface area (Å²) < 4.78 is 29.7. The van der Waals surface area contributed by atoms with Crippen LogP contribution in [0.4, 0.5) is 0 Å². The van der Waals surface area contributed by atoms with E-state index >= 15 is 0 Å². The van der Waals surface area contributed by atoms with E-state index in [4.69, 9.17) is 23.7 Å². The molecule has 3 unspecified atom stereocenters. The number of ketones is 2. The molecule has 3 aliphatic heterocycles. The Kier molecular flexibility index (Phi) is 17.2. The molecular formula is C44H69NO12. The third kappa shape index (κ3) is 11.3. The fourth-order valence-corrected chi connectivity index (χ4v) is 9.42. The van der Waals surface area contributed by atoms with Crippen LogP contribution in [0.3, 0.4) is 0 Å². The summed E-state index contributed by atoms with van der Waals surface area (Å²) in [5.74, 6) is -7.76. The standard InChI is InChI=1S/C44H69NO12/c1-10-13-31-19-25(2)18-26(3)20-37(54-8)40-38(55-9)22-28(5)44(52,57-40)41(49)42(50)45-17-12-11-14-32(45)43(51)56-39(29(6)34(47)24-35(31)48)27(4)21-30-15-16-33(46)36(23-30)53-7/h10,19,21,26,28-34,36-40,46-47,52H,1,11-18,20,22-24H2,2-9H3/b25-19+,27-21+/t26-,28+,29+,30?,31+,32?,33+,34-,36+,37-,38-,39+,40?,44+/m0/s1. The number of aliphatic hydroxyl groups is 3. The van der Waals surface area contributed by atoms with Crippen LogP contribution < -0.4 is 0 Å². The quantitative estimate of drug-likeness (QED) is 0.185. The Hall–Kier alpha value is -2.78. The van der Waals surface area contributed by atoms with Gasteiger partial charge >= 0.3 is 5.97 Å². The number of cyclic esters (lactones) is 1. The van der Waals surface area contributed by atoms with E-state index in [2.05, 4.69) is 6.58 Å². The van der Waals surface area contributed by atoms with Crippen molar-refractivity contribution in [2.75, 3.05) is 27.9 Å². The molecule has 3 heterocycles. The van der Waals surface area contributed by atoms with Gasteiger partial charge in [-0.05, 0) is 95.5 Å². The van der Waals surface area contributed by atoms with Crippen LogP contribution in [-0.2, 0) is 42.9 Å². The van der Waals surface area contributed by atoms with E-state index < -0.39 is 83.9 Å². The van der Waals surface area contributed by atoms with Crippen LogP contribution in [0.25, 0.3) is 0 Å². The third-order valence-electron chi connectivity index (χ3n) is 12.9. The molecule has 3 N–H and O–H groups in total. The van der Waals surface area contributed by atoms with E-state index in [1.807, 2.05) is 32.9 Å². The number of allylic oxidation sites excluding steroid dienone is 4. The van der Waals surface area contributed by atoms with Gasteiger partial charge in [0, 0.05) is 52.0 Å². The van der Waals surface area contributed by atoms with Crippen molar-refractivity contribution < 1.29 is 58.2 Å². The molecule has 2 bridgehead atoms. The van der Waals surface area contributed by atoms with Crippen LogP contribution in [0.5, 0.6) is 0 Å². The van der Waals surface area contributed by atoms with Crippen LogP contribution in [0.15, 0.2) is 36.0 Å². The molecule has 4 aliphatic rings. The highest BCUT2D eigenvalue weighted by Crippen LogP contribution is 2.39. The van der Waals surface area contributed by atoms with Crippen LogP contribution >= 0.6 is 0 Å². The number of piperidine rings is 1.